The van der Waals surface area contributed by atoms with Crippen LogP contribution in [-0.2, 0) is 4.79 Å². The molecular formula is C17H17Cl2NO2S. The molecule has 0 heterocycles. The molecule has 23 heavy (non-hydrogen) atoms. The Balaban J connectivity index is 1.70. The molecule has 0 aliphatic carbocycles. The zero-order valence-corrected chi connectivity index (χ0v) is 14.9. The Morgan fingerprint density at radius 2 is 1.91 bits per heavy atom. The van der Waals surface area contributed by atoms with E-state index in [0.717, 1.165) is 15.7 Å². The Labute approximate surface area is 150 Å². The summed E-state index contributed by atoms with van der Waals surface area (Å²) in [6.45, 7) is 2.28. The molecule has 0 aliphatic rings. The predicted molar refractivity (Wildman–Crippen MR) is 96.7 cm³/mol. The van der Waals surface area contributed by atoms with Gasteiger partial charge < -0.3 is 10.1 Å². The van der Waals surface area contributed by atoms with E-state index in [0.29, 0.717) is 17.3 Å². The lowest BCUT2D eigenvalue weighted by atomic mass is 10.3. The van der Waals surface area contributed by atoms with Crippen molar-refractivity contribution in [1.29, 1.82) is 0 Å². The first-order chi connectivity index (χ1) is 11.0. The first-order valence-corrected chi connectivity index (χ1v) is 8.87. The number of hydrogen-bond acceptors (Lipinski definition) is 3. The third-order valence-corrected chi connectivity index (χ3v) is 4.46. The van der Waals surface area contributed by atoms with Crippen LogP contribution < -0.4 is 10.1 Å². The molecule has 0 bridgehead atoms. The van der Waals surface area contributed by atoms with E-state index in [1.807, 2.05) is 24.3 Å². The molecule has 0 saturated carbocycles. The summed E-state index contributed by atoms with van der Waals surface area (Å²) < 4.78 is 5.57. The molecule has 2 aromatic carbocycles. The molecule has 3 nitrogen and oxygen atoms in total. The molecule has 0 aliphatic heterocycles. The van der Waals surface area contributed by atoms with Crippen LogP contribution in [0.5, 0.6) is 5.75 Å². The summed E-state index contributed by atoms with van der Waals surface area (Å²) in [4.78, 5) is 13.1. The number of ether oxygens (including phenoxy) is 1. The van der Waals surface area contributed by atoms with Crippen LogP contribution in [-0.4, -0.2) is 24.3 Å². The Hall–Kier alpha value is -1.36. The topological polar surface area (TPSA) is 38.3 Å². The summed E-state index contributed by atoms with van der Waals surface area (Å²) in [5, 5.41) is 4.15. The Morgan fingerprint density at radius 1 is 1.17 bits per heavy atom. The number of carbonyl (C=O) groups excluding carboxylic acids is 1. The zero-order valence-electron chi connectivity index (χ0n) is 12.6. The first-order valence-electron chi connectivity index (χ1n) is 7.13. The van der Waals surface area contributed by atoms with Gasteiger partial charge in [-0.2, -0.15) is 0 Å². The SMILES string of the molecule is C[C@H](Oc1cccc(Cl)c1)C(=O)NCCSc1ccc(Cl)cc1. The van der Waals surface area contributed by atoms with Crippen molar-refractivity contribution in [3.05, 3.63) is 58.6 Å². The van der Waals surface area contributed by atoms with Crippen molar-refractivity contribution in [3.63, 3.8) is 0 Å². The minimum Gasteiger partial charge on any atom is -0.481 e. The summed E-state index contributed by atoms with van der Waals surface area (Å²) in [6.07, 6.45) is -0.575. The number of rotatable bonds is 7. The van der Waals surface area contributed by atoms with Gasteiger partial charge in [0.05, 0.1) is 0 Å². The van der Waals surface area contributed by atoms with Gasteiger partial charge in [0.15, 0.2) is 6.10 Å². The molecular weight excluding hydrogens is 353 g/mol. The monoisotopic (exact) mass is 369 g/mol. The van der Waals surface area contributed by atoms with Crippen molar-refractivity contribution in [1.82, 2.24) is 5.32 Å². The van der Waals surface area contributed by atoms with E-state index in [4.69, 9.17) is 27.9 Å². The van der Waals surface area contributed by atoms with E-state index in [1.165, 1.54) is 0 Å². The number of amides is 1. The van der Waals surface area contributed by atoms with Gasteiger partial charge in [-0.15, -0.1) is 11.8 Å². The average molecular weight is 370 g/mol. The van der Waals surface area contributed by atoms with Gasteiger partial charge in [-0.3, -0.25) is 4.79 Å². The second-order valence-corrected chi connectivity index (χ2v) is 6.85. The summed E-state index contributed by atoms with van der Waals surface area (Å²) in [5.41, 5.74) is 0. The van der Waals surface area contributed by atoms with Gasteiger partial charge in [-0.1, -0.05) is 29.3 Å². The number of nitrogens with one attached hydrogen (secondary N) is 1. The smallest absolute Gasteiger partial charge is 0.260 e. The van der Waals surface area contributed by atoms with Crippen LogP contribution in [0.15, 0.2) is 53.4 Å². The molecule has 1 N–H and O–H groups in total. The van der Waals surface area contributed by atoms with E-state index < -0.39 is 6.10 Å². The van der Waals surface area contributed by atoms with Crippen molar-refractivity contribution >= 4 is 40.9 Å². The lowest BCUT2D eigenvalue weighted by molar-refractivity contribution is -0.127. The van der Waals surface area contributed by atoms with Crippen molar-refractivity contribution in [3.8, 4) is 5.75 Å². The fourth-order valence-corrected chi connectivity index (χ4v) is 2.89. The second kappa shape index (κ2) is 9.06. The van der Waals surface area contributed by atoms with Crippen LogP contribution in [0.3, 0.4) is 0 Å². The molecule has 0 spiro atoms. The molecule has 0 saturated heterocycles. The lowest BCUT2D eigenvalue weighted by Gasteiger charge is -2.14. The van der Waals surface area contributed by atoms with Crippen LogP contribution in [0.4, 0.5) is 0 Å². The van der Waals surface area contributed by atoms with E-state index >= 15 is 0 Å². The Kier molecular flexibility index (Phi) is 7.09. The number of carbonyl (C=O) groups is 1. The van der Waals surface area contributed by atoms with Crippen LogP contribution in [0.25, 0.3) is 0 Å². The minimum absolute atomic E-state index is 0.151. The molecule has 122 valence electrons. The van der Waals surface area contributed by atoms with Crippen LogP contribution in [0, 0.1) is 0 Å². The standard InChI is InChI=1S/C17H17Cl2NO2S/c1-12(22-15-4-2-3-14(19)11-15)17(21)20-9-10-23-16-7-5-13(18)6-8-16/h2-8,11-12H,9-10H2,1H3,(H,20,21)/t12-/m0/s1. The van der Waals surface area contributed by atoms with Crippen LogP contribution in [0.1, 0.15) is 6.92 Å². The van der Waals surface area contributed by atoms with Gasteiger partial charge >= 0.3 is 0 Å². The van der Waals surface area contributed by atoms with E-state index in [9.17, 15) is 4.79 Å². The Bertz CT molecular complexity index is 649. The third kappa shape index (κ3) is 6.34. The maximum Gasteiger partial charge on any atom is 0.260 e. The highest BCUT2D eigenvalue weighted by atomic mass is 35.5. The van der Waals surface area contributed by atoms with Crippen molar-refractivity contribution in [2.24, 2.45) is 0 Å². The molecule has 0 aromatic heterocycles. The second-order valence-electron chi connectivity index (χ2n) is 4.81. The van der Waals surface area contributed by atoms with Crippen molar-refractivity contribution in [2.45, 2.75) is 17.9 Å². The number of thioether (sulfide) groups is 1. The van der Waals surface area contributed by atoms with Gasteiger partial charge in [0.25, 0.3) is 5.91 Å². The number of halogens is 2. The Morgan fingerprint density at radius 3 is 2.61 bits per heavy atom. The first kappa shape index (κ1) is 18.0. The molecule has 0 unspecified atom stereocenters. The lowest BCUT2D eigenvalue weighted by Crippen LogP contribution is -2.37. The highest BCUT2D eigenvalue weighted by Gasteiger charge is 2.14. The summed E-state index contributed by atoms with van der Waals surface area (Å²) in [5.74, 6) is 1.20. The predicted octanol–water partition coefficient (Wildman–Crippen LogP) is 4.67. The van der Waals surface area contributed by atoms with Crippen LogP contribution >= 0.6 is 35.0 Å². The highest BCUT2D eigenvalue weighted by molar-refractivity contribution is 7.99. The average Bonchev–Trinajstić information content (AvgIpc) is 2.53. The summed E-state index contributed by atoms with van der Waals surface area (Å²) in [6, 6.07) is 14.6. The van der Waals surface area contributed by atoms with E-state index in [-0.39, 0.29) is 5.91 Å². The van der Waals surface area contributed by atoms with E-state index in [2.05, 4.69) is 5.32 Å². The van der Waals surface area contributed by atoms with Gasteiger partial charge in [0.2, 0.25) is 0 Å². The molecule has 2 rings (SSSR count). The maximum atomic E-state index is 12.0. The quantitative estimate of drug-likeness (QED) is 0.569. The third-order valence-electron chi connectivity index (χ3n) is 2.96. The van der Waals surface area contributed by atoms with Gasteiger partial charge in [-0.05, 0) is 49.4 Å². The summed E-state index contributed by atoms with van der Waals surface area (Å²) in [7, 11) is 0. The molecule has 2 aromatic rings. The molecule has 0 fully saturated rings. The minimum atomic E-state index is -0.575. The van der Waals surface area contributed by atoms with E-state index in [1.54, 1.807) is 43.0 Å². The zero-order chi connectivity index (χ0) is 16.7. The van der Waals surface area contributed by atoms with Crippen molar-refractivity contribution < 1.29 is 9.53 Å². The van der Waals surface area contributed by atoms with Crippen molar-refractivity contribution in [2.75, 3.05) is 12.3 Å². The van der Waals surface area contributed by atoms with Gasteiger partial charge in [-0.25, -0.2) is 0 Å². The largest absolute Gasteiger partial charge is 0.481 e. The molecule has 1 amide bonds. The fraction of sp³-hybridized carbons (Fsp3) is 0.235. The van der Waals surface area contributed by atoms with Gasteiger partial charge in [0, 0.05) is 27.2 Å². The maximum absolute atomic E-state index is 12.0. The number of hydrogen-bond donors (Lipinski definition) is 1. The molecule has 1 atom stereocenters. The van der Waals surface area contributed by atoms with Crippen LogP contribution in [0.2, 0.25) is 10.0 Å². The molecule has 0 radical (unpaired) electrons. The number of benzene rings is 2. The normalized spacial score (nSPS) is 11.8. The molecule has 6 heteroatoms. The highest BCUT2D eigenvalue weighted by Crippen LogP contribution is 2.20. The fourth-order valence-electron chi connectivity index (χ4n) is 1.82. The summed E-state index contributed by atoms with van der Waals surface area (Å²) >= 11 is 13.4. The van der Waals surface area contributed by atoms with Gasteiger partial charge in [0.1, 0.15) is 5.75 Å².